The van der Waals surface area contributed by atoms with E-state index in [1.165, 1.54) is 17.7 Å². The predicted octanol–water partition coefficient (Wildman–Crippen LogP) is 5.27. The highest BCUT2D eigenvalue weighted by atomic mass is 19.1. The summed E-state index contributed by atoms with van der Waals surface area (Å²) in [6, 6.07) is 20.5. The van der Waals surface area contributed by atoms with Crippen LogP contribution >= 0.6 is 0 Å². The van der Waals surface area contributed by atoms with Gasteiger partial charge in [0.15, 0.2) is 0 Å². The van der Waals surface area contributed by atoms with Crippen LogP contribution in [0.3, 0.4) is 0 Å². The first-order chi connectivity index (χ1) is 13.7. The molecule has 0 atom stereocenters. The Morgan fingerprint density at radius 1 is 0.821 bits per heavy atom. The van der Waals surface area contributed by atoms with Crippen LogP contribution in [0.15, 0.2) is 79.1 Å². The smallest absolute Gasteiger partial charge is 0.130 e. The van der Waals surface area contributed by atoms with Gasteiger partial charge in [0.2, 0.25) is 0 Å². The lowest BCUT2D eigenvalue weighted by molar-refractivity contribution is 0.628. The van der Waals surface area contributed by atoms with E-state index < -0.39 is 0 Å². The number of pyridine rings is 1. The monoisotopic (exact) mass is 370 g/mol. The van der Waals surface area contributed by atoms with Crippen molar-refractivity contribution >= 4 is 5.82 Å². The molecule has 0 radical (unpaired) electrons. The van der Waals surface area contributed by atoms with Gasteiger partial charge in [-0.2, -0.15) is 0 Å². The number of hydrogen-bond acceptors (Lipinski definition) is 4. The molecule has 0 bridgehead atoms. The van der Waals surface area contributed by atoms with Crippen molar-refractivity contribution in [3.05, 3.63) is 96.3 Å². The van der Waals surface area contributed by atoms with E-state index in [4.69, 9.17) is 0 Å². The second kappa shape index (κ2) is 7.96. The summed E-state index contributed by atoms with van der Waals surface area (Å²) < 4.78 is 13.2. The highest BCUT2D eigenvalue weighted by Crippen LogP contribution is 2.25. The van der Waals surface area contributed by atoms with Gasteiger partial charge in [-0.15, -0.1) is 0 Å². The molecule has 2 heterocycles. The minimum absolute atomic E-state index is 0.256. The van der Waals surface area contributed by atoms with Crippen molar-refractivity contribution in [3.63, 3.8) is 0 Å². The molecule has 2 aromatic carbocycles. The van der Waals surface area contributed by atoms with E-state index in [2.05, 4.69) is 32.4 Å². The first-order valence-electron chi connectivity index (χ1n) is 9.02. The highest BCUT2D eigenvalue weighted by molar-refractivity contribution is 5.71. The molecule has 4 rings (SSSR count). The molecule has 0 fully saturated rings. The summed E-state index contributed by atoms with van der Waals surface area (Å²) in [6.07, 6.45) is 3.54. The highest BCUT2D eigenvalue weighted by Gasteiger charge is 2.07. The van der Waals surface area contributed by atoms with Crippen molar-refractivity contribution in [1.82, 2.24) is 15.0 Å². The summed E-state index contributed by atoms with van der Waals surface area (Å²) in [5.41, 5.74) is 4.67. The molecule has 0 saturated heterocycles. The van der Waals surface area contributed by atoms with Gasteiger partial charge in [0.05, 0.1) is 5.69 Å². The quantitative estimate of drug-likeness (QED) is 0.520. The first-order valence-corrected chi connectivity index (χ1v) is 9.02. The normalized spacial score (nSPS) is 10.6. The zero-order chi connectivity index (χ0) is 19.3. The average Bonchev–Trinajstić information content (AvgIpc) is 2.73. The van der Waals surface area contributed by atoms with Crippen LogP contribution in [-0.2, 0) is 6.54 Å². The van der Waals surface area contributed by atoms with Crippen LogP contribution in [0.1, 0.15) is 11.4 Å². The number of aryl methyl sites for hydroxylation is 1. The molecule has 0 spiro atoms. The summed E-state index contributed by atoms with van der Waals surface area (Å²) in [6.45, 7) is 2.55. The Hall–Kier alpha value is -3.60. The molecule has 4 nitrogen and oxygen atoms in total. The van der Waals surface area contributed by atoms with Crippen molar-refractivity contribution < 1.29 is 4.39 Å². The topological polar surface area (TPSA) is 50.7 Å². The predicted molar refractivity (Wildman–Crippen MR) is 109 cm³/mol. The number of hydrogen-bond donors (Lipinski definition) is 1. The number of rotatable bonds is 5. The van der Waals surface area contributed by atoms with Crippen LogP contribution < -0.4 is 5.32 Å². The third kappa shape index (κ3) is 4.20. The number of anilines is 1. The second-order valence-electron chi connectivity index (χ2n) is 6.49. The van der Waals surface area contributed by atoms with Gasteiger partial charge in [0, 0.05) is 36.1 Å². The van der Waals surface area contributed by atoms with E-state index in [-0.39, 0.29) is 5.82 Å². The molecule has 2 aromatic heterocycles. The van der Waals surface area contributed by atoms with E-state index >= 15 is 0 Å². The first kappa shape index (κ1) is 17.8. The molecule has 138 valence electrons. The van der Waals surface area contributed by atoms with Gasteiger partial charge in [-0.25, -0.2) is 14.4 Å². The molecule has 0 aliphatic rings. The van der Waals surface area contributed by atoms with Crippen LogP contribution in [0.25, 0.3) is 22.4 Å². The minimum atomic E-state index is -0.256. The number of aromatic nitrogens is 3. The number of nitrogens with zero attached hydrogens (tertiary/aromatic N) is 3. The fourth-order valence-corrected chi connectivity index (χ4v) is 2.97. The summed E-state index contributed by atoms with van der Waals surface area (Å²) in [5.74, 6) is 1.19. The van der Waals surface area contributed by atoms with Gasteiger partial charge < -0.3 is 5.32 Å². The lowest BCUT2D eigenvalue weighted by atomic mass is 10.0. The van der Waals surface area contributed by atoms with Crippen LogP contribution in [0.4, 0.5) is 10.2 Å². The maximum atomic E-state index is 13.2. The molecule has 1 N–H and O–H groups in total. The zero-order valence-electron chi connectivity index (χ0n) is 15.4. The van der Waals surface area contributed by atoms with Gasteiger partial charge >= 0.3 is 0 Å². The number of nitrogens with one attached hydrogen (secondary N) is 1. The van der Waals surface area contributed by atoms with Crippen molar-refractivity contribution in [2.24, 2.45) is 0 Å². The van der Waals surface area contributed by atoms with E-state index in [1.807, 2.05) is 37.3 Å². The molecular formula is C23H19FN4. The molecule has 0 unspecified atom stereocenters. The van der Waals surface area contributed by atoms with Gasteiger partial charge in [-0.05, 0) is 36.2 Å². The zero-order valence-corrected chi connectivity index (χ0v) is 15.4. The van der Waals surface area contributed by atoms with E-state index in [0.29, 0.717) is 12.4 Å². The van der Waals surface area contributed by atoms with E-state index in [9.17, 15) is 4.39 Å². The summed E-state index contributed by atoms with van der Waals surface area (Å²) >= 11 is 0. The molecule has 0 aliphatic carbocycles. The van der Waals surface area contributed by atoms with Crippen molar-refractivity contribution in [1.29, 1.82) is 0 Å². The summed E-state index contributed by atoms with van der Waals surface area (Å²) in [4.78, 5) is 13.4. The Kier molecular flexibility index (Phi) is 5.06. The Balaban J connectivity index is 1.61. The molecule has 4 aromatic rings. The van der Waals surface area contributed by atoms with Crippen LogP contribution in [0, 0.1) is 12.7 Å². The fraction of sp³-hybridized carbons (Fsp3) is 0.0870. The molecular weight excluding hydrogens is 351 g/mol. The van der Waals surface area contributed by atoms with Crippen LogP contribution in [0.2, 0.25) is 0 Å². The lowest BCUT2D eigenvalue weighted by Crippen LogP contribution is -2.04. The third-order valence-electron chi connectivity index (χ3n) is 4.37. The third-order valence-corrected chi connectivity index (χ3v) is 4.37. The van der Waals surface area contributed by atoms with Gasteiger partial charge in [-0.3, -0.25) is 4.98 Å². The SMILES string of the molecule is Cc1nc(NCc2ccccc2)cc(-c2cncc(-c3ccc(F)cc3)c2)n1. The van der Waals surface area contributed by atoms with E-state index in [0.717, 1.165) is 28.2 Å². The van der Waals surface area contributed by atoms with Gasteiger partial charge in [-0.1, -0.05) is 42.5 Å². The Morgan fingerprint density at radius 2 is 1.57 bits per heavy atom. The standard InChI is InChI=1S/C23H19FN4/c1-16-27-22(12-23(28-16)26-13-17-5-3-2-4-6-17)20-11-19(14-25-15-20)18-7-9-21(24)10-8-18/h2-12,14-15H,13H2,1H3,(H,26,27,28). The Labute approximate surface area is 163 Å². The van der Waals surface area contributed by atoms with Crippen LogP contribution in [-0.4, -0.2) is 15.0 Å². The van der Waals surface area contributed by atoms with Gasteiger partial charge in [0.25, 0.3) is 0 Å². The van der Waals surface area contributed by atoms with Crippen LogP contribution in [0.5, 0.6) is 0 Å². The maximum absolute atomic E-state index is 13.2. The Bertz CT molecular complexity index is 1080. The van der Waals surface area contributed by atoms with Crippen molar-refractivity contribution in [2.45, 2.75) is 13.5 Å². The number of halogens is 1. The number of benzene rings is 2. The van der Waals surface area contributed by atoms with E-state index in [1.54, 1.807) is 24.5 Å². The fourth-order valence-electron chi connectivity index (χ4n) is 2.97. The second-order valence-corrected chi connectivity index (χ2v) is 6.49. The summed E-state index contributed by atoms with van der Waals surface area (Å²) in [7, 11) is 0. The van der Waals surface area contributed by atoms with Crippen molar-refractivity contribution in [2.75, 3.05) is 5.32 Å². The molecule has 0 aliphatic heterocycles. The molecule has 0 amide bonds. The molecule has 0 saturated carbocycles. The maximum Gasteiger partial charge on any atom is 0.130 e. The van der Waals surface area contributed by atoms with Crippen molar-refractivity contribution in [3.8, 4) is 22.4 Å². The summed E-state index contributed by atoms with van der Waals surface area (Å²) in [5, 5.41) is 3.35. The minimum Gasteiger partial charge on any atom is -0.366 e. The lowest BCUT2D eigenvalue weighted by Gasteiger charge is -2.10. The molecule has 5 heteroatoms. The Morgan fingerprint density at radius 3 is 2.36 bits per heavy atom. The van der Waals surface area contributed by atoms with Gasteiger partial charge in [0.1, 0.15) is 17.5 Å². The average molecular weight is 370 g/mol. The molecule has 28 heavy (non-hydrogen) atoms. The largest absolute Gasteiger partial charge is 0.366 e.